The summed E-state index contributed by atoms with van der Waals surface area (Å²) in [6, 6.07) is 0. The molecule has 0 saturated carbocycles. The van der Waals surface area contributed by atoms with E-state index >= 15 is 0 Å². The molecule has 0 fully saturated rings. The van der Waals surface area contributed by atoms with Crippen molar-refractivity contribution in [1.82, 2.24) is 4.98 Å². The molecule has 0 bridgehead atoms. The van der Waals surface area contributed by atoms with Crippen molar-refractivity contribution in [2.24, 2.45) is 0 Å². The lowest BCUT2D eigenvalue weighted by molar-refractivity contribution is 0.0688. The first kappa shape index (κ1) is 9.19. The number of carboxylic acids is 1. The number of nitrogens with zero attached hydrogens (tertiary/aromatic N) is 1. The lowest BCUT2D eigenvalue weighted by Gasteiger charge is -2.15. The fraction of sp³-hybridized carbons (Fsp3) is 0.500. The second-order valence-corrected chi connectivity index (χ2v) is 4.44. The number of hydrogen-bond donors (Lipinski definition) is 1. The van der Waals surface area contributed by atoms with Gasteiger partial charge in [0.1, 0.15) is 0 Å². The molecule has 0 aliphatic carbocycles. The van der Waals surface area contributed by atoms with Crippen LogP contribution in [0.1, 0.15) is 36.1 Å². The highest BCUT2D eigenvalue weighted by Crippen LogP contribution is 2.28. The third kappa shape index (κ3) is 1.64. The van der Waals surface area contributed by atoms with Crippen LogP contribution in [0.5, 0.6) is 0 Å². The van der Waals surface area contributed by atoms with E-state index in [0.717, 1.165) is 4.88 Å². The normalized spacial score (nSPS) is 11.6. The van der Waals surface area contributed by atoms with Gasteiger partial charge in [0.15, 0.2) is 5.69 Å². The van der Waals surface area contributed by atoms with Gasteiger partial charge in [-0.25, -0.2) is 9.78 Å². The number of hydrogen-bond acceptors (Lipinski definition) is 3. The first-order valence-electron chi connectivity index (χ1n) is 3.60. The first-order chi connectivity index (χ1) is 5.43. The lowest BCUT2D eigenvalue weighted by atomic mass is 9.93. The summed E-state index contributed by atoms with van der Waals surface area (Å²) in [7, 11) is 0. The topological polar surface area (TPSA) is 50.2 Å². The van der Waals surface area contributed by atoms with Crippen LogP contribution < -0.4 is 0 Å². The van der Waals surface area contributed by atoms with Crippen LogP contribution in [0.4, 0.5) is 0 Å². The van der Waals surface area contributed by atoms with E-state index in [0.29, 0.717) is 0 Å². The molecule has 0 atom stereocenters. The summed E-state index contributed by atoms with van der Waals surface area (Å²) < 4.78 is 0. The summed E-state index contributed by atoms with van der Waals surface area (Å²) in [4.78, 5) is 15.3. The Balaban J connectivity index is 3.17. The highest BCUT2D eigenvalue weighted by molar-refractivity contribution is 7.10. The minimum absolute atomic E-state index is 0.130. The average molecular weight is 185 g/mol. The van der Waals surface area contributed by atoms with E-state index in [1.807, 2.05) is 20.8 Å². The molecule has 0 spiro atoms. The molecule has 0 amide bonds. The van der Waals surface area contributed by atoms with Crippen molar-refractivity contribution in [3.05, 3.63) is 16.1 Å². The van der Waals surface area contributed by atoms with Crippen LogP contribution in [-0.4, -0.2) is 16.1 Å². The Morgan fingerprint density at radius 2 is 2.17 bits per heavy atom. The summed E-state index contributed by atoms with van der Waals surface area (Å²) in [5.41, 5.74) is 1.63. The van der Waals surface area contributed by atoms with Gasteiger partial charge in [0.25, 0.3) is 0 Å². The molecule has 3 nitrogen and oxygen atoms in total. The van der Waals surface area contributed by atoms with Crippen molar-refractivity contribution < 1.29 is 9.90 Å². The minimum atomic E-state index is -0.943. The van der Waals surface area contributed by atoms with Crippen molar-refractivity contribution in [3.8, 4) is 0 Å². The third-order valence-electron chi connectivity index (χ3n) is 1.45. The zero-order valence-corrected chi connectivity index (χ0v) is 8.10. The molecule has 1 aromatic heterocycles. The van der Waals surface area contributed by atoms with Crippen molar-refractivity contribution in [3.63, 3.8) is 0 Å². The van der Waals surface area contributed by atoms with Gasteiger partial charge >= 0.3 is 5.97 Å². The van der Waals surface area contributed by atoms with Crippen LogP contribution in [0.15, 0.2) is 5.51 Å². The highest BCUT2D eigenvalue weighted by Gasteiger charge is 2.24. The zero-order valence-electron chi connectivity index (χ0n) is 7.29. The van der Waals surface area contributed by atoms with Gasteiger partial charge in [0.05, 0.1) is 5.51 Å². The predicted molar refractivity (Wildman–Crippen MR) is 47.8 cm³/mol. The molecule has 0 saturated heterocycles. The largest absolute Gasteiger partial charge is 0.476 e. The van der Waals surface area contributed by atoms with E-state index in [9.17, 15) is 4.79 Å². The number of carboxylic acid groups (broad SMARTS) is 1. The van der Waals surface area contributed by atoms with Crippen molar-refractivity contribution in [1.29, 1.82) is 0 Å². The fourth-order valence-corrected chi connectivity index (χ4v) is 1.80. The van der Waals surface area contributed by atoms with Crippen molar-refractivity contribution in [2.45, 2.75) is 26.2 Å². The number of aromatic nitrogens is 1. The molecule has 12 heavy (non-hydrogen) atoms. The number of aromatic carboxylic acids is 1. The Bertz CT molecular complexity index is 298. The van der Waals surface area contributed by atoms with E-state index in [4.69, 9.17) is 5.11 Å². The molecule has 1 aromatic rings. The second kappa shape index (κ2) is 2.86. The molecule has 1 heterocycles. The quantitative estimate of drug-likeness (QED) is 0.729. The monoisotopic (exact) mass is 185 g/mol. The number of thiazole rings is 1. The molecule has 0 unspecified atom stereocenters. The van der Waals surface area contributed by atoms with Crippen LogP contribution in [0.3, 0.4) is 0 Å². The fourth-order valence-electron chi connectivity index (χ4n) is 0.931. The van der Waals surface area contributed by atoms with E-state index < -0.39 is 5.97 Å². The van der Waals surface area contributed by atoms with E-state index in [-0.39, 0.29) is 11.1 Å². The minimum Gasteiger partial charge on any atom is -0.476 e. The molecule has 0 radical (unpaired) electrons. The summed E-state index contributed by atoms with van der Waals surface area (Å²) in [5.74, 6) is -0.943. The van der Waals surface area contributed by atoms with Gasteiger partial charge < -0.3 is 5.11 Å². The molecular formula is C8H11NO2S. The molecule has 0 aromatic carbocycles. The van der Waals surface area contributed by atoms with Crippen LogP contribution in [-0.2, 0) is 5.41 Å². The smallest absolute Gasteiger partial charge is 0.355 e. The second-order valence-electron chi connectivity index (χ2n) is 3.59. The van der Waals surface area contributed by atoms with Crippen LogP contribution in [0.2, 0.25) is 0 Å². The van der Waals surface area contributed by atoms with Crippen molar-refractivity contribution >= 4 is 17.3 Å². The van der Waals surface area contributed by atoms with Gasteiger partial charge in [-0.05, 0) is 5.41 Å². The predicted octanol–water partition coefficient (Wildman–Crippen LogP) is 2.14. The van der Waals surface area contributed by atoms with E-state index in [2.05, 4.69) is 4.98 Å². The summed E-state index contributed by atoms with van der Waals surface area (Å²) in [6.45, 7) is 5.94. The molecule has 66 valence electrons. The maximum absolute atomic E-state index is 10.7. The van der Waals surface area contributed by atoms with Gasteiger partial charge in [0.2, 0.25) is 0 Å². The molecule has 1 rings (SSSR count). The lowest BCUT2D eigenvalue weighted by Crippen LogP contribution is -2.14. The van der Waals surface area contributed by atoms with Gasteiger partial charge in [-0.3, -0.25) is 0 Å². The van der Waals surface area contributed by atoms with Gasteiger partial charge in [0, 0.05) is 4.88 Å². The molecular weight excluding hydrogens is 174 g/mol. The van der Waals surface area contributed by atoms with Gasteiger partial charge in [-0.15, -0.1) is 11.3 Å². The molecule has 0 aliphatic heterocycles. The Morgan fingerprint density at radius 1 is 1.58 bits per heavy atom. The van der Waals surface area contributed by atoms with E-state index in [1.54, 1.807) is 5.51 Å². The first-order valence-corrected chi connectivity index (χ1v) is 4.48. The van der Waals surface area contributed by atoms with Crippen LogP contribution >= 0.6 is 11.3 Å². The van der Waals surface area contributed by atoms with Gasteiger partial charge in [-0.1, -0.05) is 20.8 Å². The molecule has 1 N–H and O–H groups in total. The maximum atomic E-state index is 10.7. The standard InChI is InChI=1S/C8H11NO2S/c1-8(2,3)6-5(7(10)11)9-4-12-6/h4H,1-3H3,(H,10,11). The summed E-state index contributed by atoms with van der Waals surface area (Å²) >= 11 is 1.39. The maximum Gasteiger partial charge on any atom is 0.355 e. The number of rotatable bonds is 1. The highest BCUT2D eigenvalue weighted by atomic mass is 32.1. The summed E-state index contributed by atoms with van der Waals surface area (Å²) in [6.07, 6.45) is 0. The Hall–Kier alpha value is -0.900. The Morgan fingerprint density at radius 3 is 2.50 bits per heavy atom. The zero-order chi connectivity index (χ0) is 9.35. The van der Waals surface area contributed by atoms with Gasteiger partial charge in [-0.2, -0.15) is 0 Å². The number of carbonyl (C=O) groups is 1. The van der Waals surface area contributed by atoms with Crippen LogP contribution in [0.25, 0.3) is 0 Å². The van der Waals surface area contributed by atoms with Crippen molar-refractivity contribution in [2.75, 3.05) is 0 Å². The molecule has 0 aliphatic rings. The Kier molecular flexibility index (Phi) is 2.19. The Labute approximate surface area is 75.1 Å². The average Bonchev–Trinajstić information content (AvgIpc) is 2.30. The SMILES string of the molecule is CC(C)(C)c1scnc1C(=O)O. The van der Waals surface area contributed by atoms with Crippen LogP contribution in [0, 0.1) is 0 Å². The molecule has 4 heteroatoms. The van der Waals surface area contributed by atoms with E-state index in [1.165, 1.54) is 11.3 Å². The summed E-state index contributed by atoms with van der Waals surface area (Å²) in [5, 5.41) is 8.76. The third-order valence-corrected chi connectivity index (χ3v) is 2.70.